The van der Waals surface area contributed by atoms with Crippen molar-refractivity contribution in [1.82, 2.24) is 0 Å². The Balaban J connectivity index is 2.16. The summed E-state index contributed by atoms with van der Waals surface area (Å²) in [5.74, 6) is 0.00651. The Morgan fingerprint density at radius 3 is 1.86 bits per heavy atom. The molecule has 2 rings (SSSR count). The molecule has 0 saturated carbocycles. The number of carbonyl (C=O) groups is 2. The molecule has 0 saturated heterocycles. The lowest BCUT2D eigenvalue weighted by Crippen LogP contribution is -2.07. The molecule has 0 aliphatic heterocycles. The van der Waals surface area contributed by atoms with Gasteiger partial charge in [-0.1, -0.05) is 30.8 Å². The van der Waals surface area contributed by atoms with Crippen LogP contribution in [0.5, 0.6) is 5.75 Å². The molecule has 0 aromatic heterocycles. The summed E-state index contributed by atoms with van der Waals surface area (Å²) in [5, 5.41) is -0.483. The largest absolute Gasteiger partial charge is 0.423 e. The molecule has 106 valence electrons. The third kappa shape index (κ3) is 3.80. The van der Waals surface area contributed by atoms with Crippen LogP contribution in [0.4, 0.5) is 0 Å². The van der Waals surface area contributed by atoms with E-state index in [0.29, 0.717) is 16.9 Å². The van der Waals surface area contributed by atoms with Crippen molar-refractivity contribution in [1.29, 1.82) is 0 Å². The normalized spacial score (nSPS) is 10.0. The van der Waals surface area contributed by atoms with Crippen molar-refractivity contribution >= 4 is 22.8 Å². The minimum absolute atomic E-state index is 0.348. The summed E-state index contributed by atoms with van der Waals surface area (Å²) >= 11 is 5.40. The van der Waals surface area contributed by atoms with Gasteiger partial charge in [0.25, 0.3) is 5.24 Å². The van der Waals surface area contributed by atoms with Crippen LogP contribution in [0.1, 0.15) is 17.3 Å². The second kappa shape index (κ2) is 6.37. The minimum Gasteiger partial charge on any atom is -0.423 e. The highest BCUT2D eigenvalue weighted by Gasteiger charge is 2.06. The first-order valence-corrected chi connectivity index (χ1v) is 6.63. The molecule has 0 radical (unpaired) electrons. The van der Waals surface area contributed by atoms with Crippen molar-refractivity contribution in [2.24, 2.45) is 0 Å². The molecule has 0 atom stereocenters. The van der Waals surface area contributed by atoms with E-state index in [-0.39, 0.29) is 0 Å². The number of carbonyl (C=O) groups excluding carboxylic acids is 2. The van der Waals surface area contributed by atoms with Crippen LogP contribution in [0.2, 0.25) is 0 Å². The number of esters is 1. The summed E-state index contributed by atoms with van der Waals surface area (Å²) in [5.41, 5.74) is 2.68. The number of ether oxygens (including phenoxy) is 1. The smallest absolute Gasteiger partial charge is 0.338 e. The van der Waals surface area contributed by atoms with Crippen LogP contribution < -0.4 is 4.74 Å². The summed E-state index contributed by atoms with van der Waals surface area (Å²) in [4.78, 5) is 22.4. The first-order valence-electron chi connectivity index (χ1n) is 6.25. The van der Waals surface area contributed by atoms with Crippen LogP contribution in [0, 0.1) is 0 Å². The zero-order valence-corrected chi connectivity index (χ0v) is 12.2. The third-order valence-corrected chi connectivity index (χ3v) is 3.08. The molecule has 0 fully saturated rings. The van der Waals surface area contributed by atoms with Crippen molar-refractivity contribution in [2.75, 3.05) is 0 Å². The number of hydrogen-bond acceptors (Lipinski definition) is 3. The highest BCUT2D eigenvalue weighted by atomic mass is 35.5. The van der Waals surface area contributed by atoms with Crippen LogP contribution in [0.15, 0.2) is 60.7 Å². The Bertz CT molecular complexity index is 685. The van der Waals surface area contributed by atoms with Crippen LogP contribution in [0.3, 0.4) is 0 Å². The maximum absolute atomic E-state index is 11.4. The zero-order valence-electron chi connectivity index (χ0n) is 11.4. The summed E-state index contributed by atoms with van der Waals surface area (Å²) in [6.45, 7) is 5.12. The number of hydrogen-bond donors (Lipinski definition) is 0. The molecule has 21 heavy (non-hydrogen) atoms. The van der Waals surface area contributed by atoms with E-state index in [9.17, 15) is 9.59 Å². The molecule has 2 aromatic carbocycles. The molecule has 0 unspecified atom stereocenters. The van der Waals surface area contributed by atoms with Gasteiger partial charge in [0, 0.05) is 11.1 Å². The zero-order chi connectivity index (χ0) is 15.4. The molecule has 3 nitrogen and oxygen atoms in total. The van der Waals surface area contributed by atoms with E-state index < -0.39 is 11.2 Å². The molecule has 4 heteroatoms. The average Bonchev–Trinajstić information content (AvgIpc) is 2.48. The molecule has 0 bridgehead atoms. The fourth-order valence-electron chi connectivity index (χ4n) is 1.70. The van der Waals surface area contributed by atoms with E-state index in [1.807, 2.05) is 24.3 Å². The Morgan fingerprint density at radius 2 is 1.43 bits per heavy atom. The predicted octanol–water partition coefficient (Wildman–Crippen LogP) is 4.21. The fourth-order valence-corrected chi connectivity index (χ4v) is 1.83. The van der Waals surface area contributed by atoms with Crippen molar-refractivity contribution in [3.8, 4) is 16.9 Å². The molecule has 0 aliphatic carbocycles. The van der Waals surface area contributed by atoms with E-state index in [4.69, 9.17) is 16.3 Å². The number of benzene rings is 2. The van der Waals surface area contributed by atoms with E-state index >= 15 is 0 Å². The van der Waals surface area contributed by atoms with Gasteiger partial charge in [-0.2, -0.15) is 0 Å². The molecule has 2 aromatic rings. The summed E-state index contributed by atoms with van der Waals surface area (Å²) in [7, 11) is 0. The van der Waals surface area contributed by atoms with Gasteiger partial charge in [-0.15, -0.1) is 0 Å². The lowest BCUT2D eigenvalue weighted by molar-refractivity contribution is -0.130. The van der Waals surface area contributed by atoms with Gasteiger partial charge in [-0.25, -0.2) is 4.79 Å². The highest BCUT2D eigenvalue weighted by molar-refractivity contribution is 6.67. The monoisotopic (exact) mass is 300 g/mol. The Hall–Kier alpha value is -2.39. The number of rotatable bonds is 4. The second-order valence-corrected chi connectivity index (χ2v) is 4.89. The van der Waals surface area contributed by atoms with Crippen LogP contribution in [-0.2, 0) is 4.79 Å². The topological polar surface area (TPSA) is 43.4 Å². The van der Waals surface area contributed by atoms with Gasteiger partial charge in [0.2, 0.25) is 0 Å². The summed E-state index contributed by atoms with van der Waals surface area (Å²) in [6.07, 6.45) is 0. The molecular weight excluding hydrogens is 288 g/mol. The Kier molecular flexibility index (Phi) is 4.55. The van der Waals surface area contributed by atoms with Crippen LogP contribution >= 0.6 is 11.6 Å². The predicted molar refractivity (Wildman–Crippen MR) is 82.5 cm³/mol. The van der Waals surface area contributed by atoms with E-state index in [1.165, 1.54) is 0 Å². The lowest BCUT2D eigenvalue weighted by atomic mass is 10.0. The Morgan fingerprint density at radius 1 is 0.952 bits per heavy atom. The first-order chi connectivity index (χ1) is 9.97. The van der Waals surface area contributed by atoms with Gasteiger partial charge >= 0.3 is 5.97 Å². The van der Waals surface area contributed by atoms with E-state index in [1.54, 1.807) is 31.2 Å². The second-order valence-electron chi connectivity index (χ2n) is 4.55. The SMILES string of the molecule is C=C(C)C(=O)Oc1ccc(-c2ccc(C(=O)Cl)cc2)cc1. The van der Waals surface area contributed by atoms with Gasteiger partial charge in [-0.3, -0.25) is 4.79 Å². The molecular formula is C17H13ClO3. The number of halogens is 1. The van der Waals surface area contributed by atoms with Crippen LogP contribution in [0.25, 0.3) is 11.1 Å². The quantitative estimate of drug-likeness (QED) is 0.367. The third-order valence-electron chi connectivity index (χ3n) is 2.86. The van der Waals surface area contributed by atoms with Crippen molar-refractivity contribution in [3.05, 3.63) is 66.2 Å². The minimum atomic E-state index is -0.483. The van der Waals surface area contributed by atoms with Gasteiger partial charge in [0.05, 0.1) is 0 Å². The van der Waals surface area contributed by atoms with Crippen molar-refractivity contribution in [3.63, 3.8) is 0 Å². The van der Waals surface area contributed by atoms with Crippen molar-refractivity contribution in [2.45, 2.75) is 6.92 Å². The standard InChI is InChI=1S/C17H13ClO3/c1-11(2)17(20)21-15-9-7-13(8-10-15)12-3-5-14(6-4-12)16(18)19/h3-10H,1H2,2H3. The van der Waals surface area contributed by atoms with Gasteiger partial charge < -0.3 is 4.74 Å². The molecule has 0 amide bonds. The lowest BCUT2D eigenvalue weighted by Gasteiger charge is -2.06. The molecule has 0 N–H and O–H groups in total. The summed E-state index contributed by atoms with van der Waals surface area (Å²) in [6, 6.07) is 14.0. The molecule has 0 aliphatic rings. The highest BCUT2D eigenvalue weighted by Crippen LogP contribution is 2.23. The maximum Gasteiger partial charge on any atom is 0.338 e. The summed E-state index contributed by atoms with van der Waals surface area (Å²) < 4.78 is 5.12. The maximum atomic E-state index is 11.4. The van der Waals surface area contributed by atoms with Crippen LogP contribution in [-0.4, -0.2) is 11.2 Å². The first kappa shape index (κ1) is 15.0. The Labute approximate surface area is 127 Å². The van der Waals surface area contributed by atoms with E-state index in [0.717, 1.165) is 11.1 Å². The molecule has 0 spiro atoms. The molecule has 0 heterocycles. The average molecular weight is 301 g/mol. The van der Waals surface area contributed by atoms with Gasteiger partial charge in [0.1, 0.15) is 5.75 Å². The van der Waals surface area contributed by atoms with Crippen molar-refractivity contribution < 1.29 is 14.3 Å². The fraction of sp³-hybridized carbons (Fsp3) is 0.0588. The van der Waals surface area contributed by atoms with Gasteiger partial charge in [-0.05, 0) is 53.9 Å². The van der Waals surface area contributed by atoms with Gasteiger partial charge in [0.15, 0.2) is 0 Å². The van der Waals surface area contributed by atoms with E-state index in [2.05, 4.69) is 6.58 Å².